The number of aryl methyl sites for hydroxylation is 1. The molecule has 0 aliphatic heterocycles. The molecule has 0 atom stereocenters. The number of amides is 1. The van der Waals surface area contributed by atoms with E-state index in [1.807, 2.05) is 11.5 Å². The quantitative estimate of drug-likeness (QED) is 0.740. The third-order valence-electron chi connectivity index (χ3n) is 4.17. The number of benzene rings is 2. The molecule has 0 unspecified atom stereocenters. The number of aromatic nitrogens is 1. The minimum absolute atomic E-state index is 0.109. The Kier molecular flexibility index (Phi) is 4.75. The molecule has 134 valence electrons. The highest BCUT2D eigenvalue weighted by molar-refractivity contribution is 6.05. The maximum Gasteiger partial charge on any atom is 0.257 e. The fraction of sp³-hybridized carbons (Fsp3) is 0.150. The van der Waals surface area contributed by atoms with E-state index in [2.05, 4.69) is 5.32 Å². The maximum absolute atomic E-state index is 13.8. The first-order valence-corrected chi connectivity index (χ1v) is 8.00. The van der Waals surface area contributed by atoms with Crippen LogP contribution in [0.5, 0.6) is 5.75 Å². The number of hydrogen-bond acceptors (Lipinski definition) is 2. The number of halogens is 2. The molecular formula is C20H18F2N2O2. The Morgan fingerprint density at radius 1 is 1.04 bits per heavy atom. The number of rotatable bonds is 4. The van der Waals surface area contributed by atoms with Gasteiger partial charge in [-0.05, 0) is 56.3 Å². The van der Waals surface area contributed by atoms with E-state index in [1.54, 1.807) is 31.2 Å². The summed E-state index contributed by atoms with van der Waals surface area (Å²) < 4.78 is 33.7. The molecule has 0 saturated heterocycles. The van der Waals surface area contributed by atoms with Crippen molar-refractivity contribution in [3.63, 3.8) is 0 Å². The van der Waals surface area contributed by atoms with Crippen molar-refractivity contribution in [2.45, 2.75) is 13.8 Å². The predicted molar refractivity (Wildman–Crippen MR) is 96.1 cm³/mol. The molecule has 4 nitrogen and oxygen atoms in total. The van der Waals surface area contributed by atoms with Gasteiger partial charge in [0.1, 0.15) is 5.82 Å². The van der Waals surface area contributed by atoms with Gasteiger partial charge >= 0.3 is 0 Å². The molecule has 0 fully saturated rings. The maximum atomic E-state index is 13.8. The molecule has 1 N–H and O–H groups in total. The summed E-state index contributed by atoms with van der Waals surface area (Å²) in [5, 5.41) is 2.68. The standard InChI is InChI=1S/C20H18F2N2O2/c1-12-10-17(13(2)24(12)16-7-4-14(21)5-8-16)20(25)23-15-6-9-19(26-3)18(22)11-15/h4-11H,1-3H3,(H,23,25). The Labute approximate surface area is 150 Å². The molecule has 2 aromatic carbocycles. The number of nitrogens with zero attached hydrogens (tertiary/aromatic N) is 1. The van der Waals surface area contributed by atoms with Gasteiger partial charge in [0.05, 0.1) is 12.7 Å². The van der Waals surface area contributed by atoms with Crippen LogP contribution in [0, 0.1) is 25.5 Å². The largest absolute Gasteiger partial charge is 0.494 e. The lowest BCUT2D eigenvalue weighted by molar-refractivity contribution is 0.102. The number of carbonyl (C=O) groups excluding carboxylic acids is 1. The van der Waals surface area contributed by atoms with Crippen molar-refractivity contribution in [2.24, 2.45) is 0 Å². The van der Waals surface area contributed by atoms with Crippen LogP contribution < -0.4 is 10.1 Å². The molecule has 0 saturated carbocycles. The molecule has 0 radical (unpaired) electrons. The Bertz CT molecular complexity index is 963. The van der Waals surface area contributed by atoms with Crippen LogP contribution in [0.25, 0.3) is 5.69 Å². The fourth-order valence-corrected chi connectivity index (χ4v) is 2.92. The van der Waals surface area contributed by atoms with E-state index in [4.69, 9.17) is 4.74 Å². The van der Waals surface area contributed by atoms with Gasteiger partial charge in [-0.15, -0.1) is 0 Å². The van der Waals surface area contributed by atoms with Crippen molar-refractivity contribution in [3.05, 3.63) is 77.1 Å². The molecule has 3 rings (SSSR count). The number of ether oxygens (including phenoxy) is 1. The van der Waals surface area contributed by atoms with E-state index in [-0.39, 0.29) is 17.5 Å². The van der Waals surface area contributed by atoms with Crippen LogP contribution in [-0.2, 0) is 0 Å². The molecular weight excluding hydrogens is 338 g/mol. The van der Waals surface area contributed by atoms with E-state index >= 15 is 0 Å². The van der Waals surface area contributed by atoms with E-state index in [0.717, 1.165) is 11.4 Å². The highest BCUT2D eigenvalue weighted by Crippen LogP contribution is 2.24. The minimum Gasteiger partial charge on any atom is -0.494 e. The molecule has 3 aromatic rings. The number of anilines is 1. The van der Waals surface area contributed by atoms with Gasteiger partial charge in [-0.25, -0.2) is 8.78 Å². The van der Waals surface area contributed by atoms with Crippen LogP contribution >= 0.6 is 0 Å². The second-order valence-electron chi connectivity index (χ2n) is 5.90. The van der Waals surface area contributed by atoms with Crippen molar-refractivity contribution in [3.8, 4) is 11.4 Å². The molecule has 1 aromatic heterocycles. The van der Waals surface area contributed by atoms with Gasteiger partial charge in [-0.1, -0.05) is 0 Å². The fourth-order valence-electron chi connectivity index (χ4n) is 2.92. The third kappa shape index (κ3) is 3.31. The van der Waals surface area contributed by atoms with Gasteiger partial charge in [0, 0.05) is 28.8 Å². The summed E-state index contributed by atoms with van der Waals surface area (Å²) in [7, 11) is 1.38. The molecule has 0 bridgehead atoms. The average molecular weight is 356 g/mol. The predicted octanol–water partition coefficient (Wildman–Crippen LogP) is 4.63. The lowest BCUT2D eigenvalue weighted by Crippen LogP contribution is -2.13. The lowest BCUT2D eigenvalue weighted by Gasteiger charge is -2.10. The van der Waals surface area contributed by atoms with E-state index in [1.165, 1.54) is 31.4 Å². The zero-order valence-corrected chi connectivity index (χ0v) is 14.6. The molecule has 1 heterocycles. The van der Waals surface area contributed by atoms with Crippen LogP contribution in [0.3, 0.4) is 0 Å². The number of hydrogen-bond donors (Lipinski definition) is 1. The SMILES string of the molecule is COc1ccc(NC(=O)c2cc(C)n(-c3ccc(F)cc3)c2C)cc1F. The number of nitrogens with one attached hydrogen (secondary N) is 1. The van der Waals surface area contributed by atoms with Crippen molar-refractivity contribution in [1.82, 2.24) is 4.57 Å². The van der Waals surface area contributed by atoms with Crippen molar-refractivity contribution in [2.75, 3.05) is 12.4 Å². The van der Waals surface area contributed by atoms with Gasteiger partial charge in [0.25, 0.3) is 5.91 Å². The number of methoxy groups -OCH3 is 1. The summed E-state index contributed by atoms with van der Waals surface area (Å²) in [6, 6.07) is 12.0. The van der Waals surface area contributed by atoms with Crippen LogP contribution in [0.2, 0.25) is 0 Å². The van der Waals surface area contributed by atoms with Gasteiger partial charge in [-0.2, -0.15) is 0 Å². The normalized spacial score (nSPS) is 10.7. The molecule has 0 aliphatic rings. The van der Waals surface area contributed by atoms with Crippen molar-refractivity contribution < 1.29 is 18.3 Å². The van der Waals surface area contributed by atoms with Crippen LogP contribution in [-0.4, -0.2) is 17.6 Å². The van der Waals surface area contributed by atoms with E-state index in [0.29, 0.717) is 16.9 Å². The zero-order valence-electron chi connectivity index (χ0n) is 14.6. The molecule has 1 amide bonds. The van der Waals surface area contributed by atoms with Gasteiger partial charge < -0.3 is 14.6 Å². The van der Waals surface area contributed by atoms with Crippen LogP contribution in [0.15, 0.2) is 48.5 Å². The van der Waals surface area contributed by atoms with Gasteiger partial charge in [-0.3, -0.25) is 4.79 Å². The van der Waals surface area contributed by atoms with Crippen LogP contribution in [0.4, 0.5) is 14.5 Å². The monoisotopic (exact) mass is 356 g/mol. The first-order valence-electron chi connectivity index (χ1n) is 8.00. The molecule has 0 spiro atoms. The topological polar surface area (TPSA) is 43.3 Å². The smallest absolute Gasteiger partial charge is 0.257 e. The summed E-state index contributed by atoms with van der Waals surface area (Å²) in [5.74, 6) is -1.12. The van der Waals surface area contributed by atoms with Gasteiger partial charge in [0.15, 0.2) is 11.6 Å². The van der Waals surface area contributed by atoms with Crippen LogP contribution in [0.1, 0.15) is 21.7 Å². The Morgan fingerprint density at radius 3 is 2.35 bits per heavy atom. The lowest BCUT2D eigenvalue weighted by atomic mass is 10.2. The highest BCUT2D eigenvalue weighted by Gasteiger charge is 2.17. The second-order valence-corrected chi connectivity index (χ2v) is 5.90. The summed E-state index contributed by atoms with van der Waals surface area (Å²) in [4.78, 5) is 12.6. The first kappa shape index (κ1) is 17.7. The second kappa shape index (κ2) is 7.00. The molecule has 6 heteroatoms. The Morgan fingerprint density at radius 2 is 1.73 bits per heavy atom. The first-order chi connectivity index (χ1) is 12.4. The number of carbonyl (C=O) groups is 1. The van der Waals surface area contributed by atoms with Crippen molar-refractivity contribution >= 4 is 11.6 Å². The zero-order chi connectivity index (χ0) is 18.8. The molecule has 0 aliphatic carbocycles. The minimum atomic E-state index is -0.554. The summed E-state index contributed by atoms with van der Waals surface area (Å²) in [5.41, 5.74) is 3.10. The summed E-state index contributed by atoms with van der Waals surface area (Å²) >= 11 is 0. The van der Waals surface area contributed by atoms with Gasteiger partial charge in [0.2, 0.25) is 0 Å². The Balaban J connectivity index is 1.90. The highest BCUT2D eigenvalue weighted by atomic mass is 19.1. The Hall–Kier alpha value is -3.15. The van der Waals surface area contributed by atoms with E-state index in [9.17, 15) is 13.6 Å². The summed E-state index contributed by atoms with van der Waals surface area (Å²) in [6.07, 6.45) is 0. The summed E-state index contributed by atoms with van der Waals surface area (Å²) in [6.45, 7) is 3.67. The average Bonchev–Trinajstić information content (AvgIpc) is 2.91. The third-order valence-corrected chi connectivity index (χ3v) is 4.17. The van der Waals surface area contributed by atoms with E-state index < -0.39 is 5.82 Å². The molecule has 26 heavy (non-hydrogen) atoms. The van der Waals surface area contributed by atoms with Crippen molar-refractivity contribution in [1.29, 1.82) is 0 Å².